The van der Waals surface area contributed by atoms with E-state index in [0.29, 0.717) is 6.07 Å². The molecule has 0 saturated carbocycles. The third-order valence-electron chi connectivity index (χ3n) is 7.36. The van der Waals surface area contributed by atoms with Crippen LogP contribution in [0.1, 0.15) is 28.8 Å². The second kappa shape index (κ2) is 8.41. The lowest BCUT2D eigenvalue weighted by Crippen LogP contribution is -2.78. The molecule has 2 fully saturated rings. The van der Waals surface area contributed by atoms with E-state index in [1.165, 1.54) is 4.90 Å². The van der Waals surface area contributed by atoms with Crippen molar-refractivity contribution in [2.75, 3.05) is 13.1 Å². The van der Waals surface area contributed by atoms with Gasteiger partial charge in [-0.05, 0) is 18.2 Å². The van der Waals surface area contributed by atoms with Gasteiger partial charge in [-0.2, -0.15) is 13.2 Å². The number of carbonyl (C=O) groups excluding carboxylic acids is 4. The van der Waals surface area contributed by atoms with Crippen LogP contribution in [0.2, 0.25) is 0 Å². The molecule has 202 valence electrons. The van der Waals surface area contributed by atoms with Crippen molar-refractivity contribution in [1.82, 2.24) is 20.4 Å². The van der Waals surface area contributed by atoms with Gasteiger partial charge in [0.2, 0.25) is 11.8 Å². The Labute approximate surface area is 212 Å². The molecule has 3 amide bonds. The first-order chi connectivity index (χ1) is 17.8. The van der Waals surface area contributed by atoms with Gasteiger partial charge < -0.3 is 32.1 Å². The Morgan fingerprint density at radius 2 is 1.92 bits per heavy atom. The molecule has 16 heteroatoms. The smallest absolute Gasteiger partial charge is 0.376 e. The minimum atomic E-state index is -4.69. The van der Waals surface area contributed by atoms with Crippen LogP contribution in [0.3, 0.4) is 0 Å². The Kier molecular flexibility index (Phi) is 5.63. The maximum Gasteiger partial charge on any atom is 0.416 e. The number of nitrogens with two attached hydrogens (primary N) is 2. The fraction of sp³-hybridized carbons (Fsp3) is 0.455. The summed E-state index contributed by atoms with van der Waals surface area (Å²) in [6.45, 7) is -0.539. The van der Waals surface area contributed by atoms with Gasteiger partial charge in [0, 0.05) is 24.9 Å². The summed E-state index contributed by atoms with van der Waals surface area (Å²) in [7, 11) is 0. The molecule has 38 heavy (non-hydrogen) atoms. The van der Waals surface area contributed by atoms with Crippen molar-refractivity contribution in [2.24, 2.45) is 21.5 Å². The second-order valence-corrected chi connectivity index (χ2v) is 9.46. The summed E-state index contributed by atoms with van der Waals surface area (Å²) in [5.41, 5.74) is 6.38. The number of aldehydes is 1. The summed E-state index contributed by atoms with van der Waals surface area (Å²) >= 11 is 0. The number of likely N-dealkylation sites (tertiary alicyclic amines) is 1. The number of alkyl halides is 3. The fourth-order valence-corrected chi connectivity index (χ4v) is 5.57. The zero-order valence-electron chi connectivity index (χ0n) is 19.6. The lowest BCUT2D eigenvalue weighted by molar-refractivity contribution is -0.142. The Bertz CT molecular complexity index is 1290. The van der Waals surface area contributed by atoms with E-state index in [-0.39, 0.29) is 49.7 Å². The number of halogens is 3. The zero-order valence-corrected chi connectivity index (χ0v) is 19.6. The predicted octanol–water partition coefficient (Wildman–Crippen LogP) is -2.12. The van der Waals surface area contributed by atoms with Gasteiger partial charge in [-0.15, -0.1) is 0 Å². The molecule has 2 unspecified atom stereocenters. The molecule has 5 atom stereocenters. The van der Waals surface area contributed by atoms with Gasteiger partial charge in [0.1, 0.15) is 6.04 Å². The predicted molar refractivity (Wildman–Crippen MR) is 123 cm³/mol. The third kappa shape index (κ3) is 3.58. The van der Waals surface area contributed by atoms with E-state index in [1.807, 2.05) is 0 Å². The normalized spacial score (nSPS) is 32.4. The highest BCUT2D eigenvalue weighted by Crippen LogP contribution is 2.45. The number of carbonyl (C=O) groups is 4. The Morgan fingerprint density at radius 1 is 1.24 bits per heavy atom. The molecule has 4 aliphatic heterocycles. The maximum atomic E-state index is 13.1. The molecular formula is C22H23F3N8O5. The van der Waals surface area contributed by atoms with E-state index < -0.39 is 58.9 Å². The summed E-state index contributed by atoms with van der Waals surface area (Å²) in [5.74, 6) is -2.22. The van der Waals surface area contributed by atoms with Crippen LogP contribution in [-0.4, -0.2) is 93.3 Å². The van der Waals surface area contributed by atoms with Crippen molar-refractivity contribution in [3.05, 3.63) is 35.4 Å². The first-order valence-corrected chi connectivity index (χ1v) is 11.5. The highest BCUT2D eigenvalue weighted by Gasteiger charge is 2.73. The number of benzene rings is 1. The van der Waals surface area contributed by atoms with Crippen molar-refractivity contribution < 1.29 is 37.5 Å². The van der Waals surface area contributed by atoms with Crippen LogP contribution in [0, 0.1) is 0 Å². The van der Waals surface area contributed by atoms with Crippen LogP contribution in [0.15, 0.2) is 34.3 Å². The highest BCUT2D eigenvalue weighted by molar-refractivity contribution is 6.02. The minimum Gasteiger partial charge on any atom is -0.376 e. The van der Waals surface area contributed by atoms with Crippen molar-refractivity contribution in [3.63, 3.8) is 0 Å². The topological polar surface area (TPSA) is 196 Å². The van der Waals surface area contributed by atoms with E-state index in [9.17, 15) is 37.5 Å². The van der Waals surface area contributed by atoms with E-state index in [1.54, 1.807) is 0 Å². The summed E-state index contributed by atoms with van der Waals surface area (Å²) < 4.78 is 39.4. The Morgan fingerprint density at radius 3 is 2.55 bits per heavy atom. The number of rotatable bonds is 5. The number of nitrogens with zero attached hydrogens (tertiary/aromatic N) is 4. The molecule has 5 rings (SSSR count). The number of hydrogen-bond donors (Lipinski definition) is 5. The minimum absolute atomic E-state index is 0.0261. The number of guanidine groups is 2. The number of aliphatic hydroxyl groups is 1. The quantitative estimate of drug-likeness (QED) is 0.206. The van der Waals surface area contributed by atoms with Crippen molar-refractivity contribution >= 4 is 35.9 Å². The number of nitrogens with one attached hydrogen (secondary N) is 2. The summed E-state index contributed by atoms with van der Waals surface area (Å²) in [5, 5.41) is 17.0. The highest BCUT2D eigenvalue weighted by atomic mass is 19.4. The molecule has 4 aliphatic rings. The molecule has 0 aliphatic carbocycles. The molecule has 2 saturated heterocycles. The van der Waals surface area contributed by atoms with E-state index in [0.717, 1.165) is 23.1 Å². The van der Waals surface area contributed by atoms with Crippen LogP contribution in [0.25, 0.3) is 0 Å². The van der Waals surface area contributed by atoms with E-state index >= 15 is 0 Å². The van der Waals surface area contributed by atoms with Crippen LogP contribution in [0.4, 0.5) is 13.2 Å². The van der Waals surface area contributed by atoms with Crippen LogP contribution in [-0.2, 0) is 20.6 Å². The van der Waals surface area contributed by atoms with Crippen LogP contribution in [0.5, 0.6) is 0 Å². The number of aliphatic imine (C=N–C) groups is 2. The van der Waals surface area contributed by atoms with E-state index in [2.05, 4.69) is 20.6 Å². The molecule has 7 N–H and O–H groups in total. The molecule has 0 aromatic heterocycles. The van der Waals surface area contributed by atoms with Crippen LogP contribution < -0.4 is 22.1 Å². The average molecular weight is 536 g/mol. The first kappa shape index (κ1) is 25.4. The molecule has 0 bridgehead atoms. The number of hydrogen-bond acceptors (Lipinski definition) is 11. The molecule has 4 heterocycles. The SMILES string of the molecule is NC1=NC2[C@H](CN3C(=O)CCC3=O)N=C(N)N3CC(NC(=O)c4cccc(C(F)(F)F)c4)[C@@](O)(C=O)[C@@]23N1. The molecule has 1 aromatic carbocycles. The monoisotopic (exact) mass is 536 g/mol. The molecule has 1 spiro atoms. The zero-order chi connectivity index (χ0) is 27.6. The number of imide groups is 1. The molecule has 1 aromatic rings. The van der Waals surface area contributed by atoms with Crippen LogP contribution >= 0.6 is 0 Å². The van der Waals surface area contributed by atoms with Gasteiger partial charge in [0.05, 0.1) is 24.2 Å². The number of amides is 3. The van der Waals surface area contributed by atoms with Gasteiger partial charge in [-0.1, -0.05) is 6.07 Å². The van der Waals surface area contributed by atoms with E-state index in [4.69, 9.17) is 11.5 Å². The van der Waals surface area contributed by atoms with Crippen molar-refractivity contribution in [1.29, 1.82) is 0 Å². The lowest BCUT2D eigenvalue weighted by Gasteiger charge is -2.49. The largest absolute Gasteiger partial charge is 0.416 e. The van der Waals surface area contributed by atoms with Gasteiger partial charge in [0.15, 0.2) is 29.5 Å². The standard InChI is InChI=1S/C22H23F3N8O5/c23-22(24,25)11-3-1-2-10(6-11)17(37)29-13-8-33-19(27)28-12(7-32-14(35)4-5-15(32)36)16-21(33,20(13,38)9-34)31-18(26)30-16/h1-3,6,9,12-13,16,38H,4-5,7-8H2,(H2,27,28)(H,29,37)(H3,26,30,31)/t12-,13?,16?,20-,21+/m0/s1. The van der Waals surface area contributed by atoms with Crippen molar-refractivity contribution in [2.45, 2.75) is 48.4 Å². The van der Waals surface area contributed by atoms with Crippen molar-refractivity contribution in [3.8, 4) is 0 Å². The molecule has 0 radical (unpaired) electrons. The summed E-state index contributed by atoms with van der Waals surface area (Å²) in [4.78, 5) is 60.8. The average Bonchev–Trinajstić information content (AvgIpc) is 3.47. The third-order valence-corrected chi connectivity index (χ3v) is 7.36. The Balaban J connectivity index is 1.48. The molecular weight excluding hydrogens is 513 g/mol. The second-order valence-electron chi connectivity index (χ2n) is 9.46. The summed E-state index contributed by atoms with van der Waals surface area (Å²) in [6.07, 6.45) is -4.47. The first-order valence-electron chi connectivity index (χ1n) is 11.5. The van der Waals surface area contributed by atoms with Gasteiger partial charge in [-0.3, -0.25) is 24.1 Å². The van der Waals surface area contributed by atoms with Gasteiger partial charge >= 0.3 is 6.18 Å². The maximum absolute atomic E-state index is 13.1. The summed E-state index contributed by atoms with van der Waals surface area (Å²) in [6, 6.07) is 0.104. The Hall–Kier alpha value is -4.21. The lowest BCUT2D eigenvalue weighted by atomic mass is 9.78. The fourth-order valence-electron chi connectivity index (χ4n) is 5.57. The molecule has 13 nitrogen and oxygen atoms in total. The van der Waals surface area contributed by atoms with Gasteiger partial charge in [-0.25, -0.2) is 9.98 Å². The van der Waals surface area contributed by atoms with Gasteiger partial charge in [0.25, 0.3) is 5.91 Å².